The number of carboxylic acids is 1. The number of hydrogen-bond donors (Lipinski definition) is 1. The Morgan fingerprint density at radius 2 is 2.00 bits per heavy atom. The van der Waals surface area contributed by atoms with Crippen LogP contribution in [0.1, 0.15) is 21.4 Å². The van der Waals surface area contributed by atoms with Crippen LogP contribution in [0, 0.1) is 6.92 Å². The quantitative estimate of drug-likeness (QED) is 0.644. The van der Waals surface area contributed by atoms with Crippen molar-refractivity contribution in [1.29, 1.82) is 0 Å². The van der Waals surface area contributed by atoms with Gasteiger partial charge in [-0.3, -0.25) is 0 Å². The van der Waals surface area contributed by atoms with Gasteiger partial charge in [-0.05, 0) is 19.0 Å². The second kappa shape index (κ2) is 2.52. The molecule has 0 amide bonds. The highest BCUT2D eigenvalue weighted by molar-refractivity contribution is 5.87. The van der Waals surface area contributed by atoms with Crippen LogP contribution in [-0.4, -0.2) is 11.1 Å². The van der Waals surface area contributed by atoms with Gasteiger partial charge in [0.2, 0.25) is 0 Å². The largest absolute Gasteiger partial charge is 0.478 e. The van der Waals surface area contributed by atoms with E-state index >= 15 is 0 Å². The topological polar surface area (TPSA) is 37.3 Å². The van der Waals surface area contributed by atoms with E-state index in [1.54, 1.807) is 0 Å². The smallest absolute Gasteiger partial charge is 0.335 e. The monoisotopic (exact) mass is 140 g/mol. The van der Waals surface area contributed by atoms with E-state index in [0.29, 0.717) is 0 Å². The van der Waals surface area contributed by atoms with Gasteiger partial charge in [-0.2, -0.15) is 0 Å². The molecular weight excluding hydrogens is 128 g/mol. The van der Waals surface area contributed by atoms with Crippen LogP contribution in [0.5, 0.6) is 0 Å². The number of hydrogen-bond acceptors (Lipinski definition) is 1. The van der Waals surface area contributed by atoms with Crippen LogP contribution in [0.2, 0.25) is 0 Å². The van der Waals surface area contributed by atoms with Crippen LogP contribution in [0.4, 0.5) is 0 Å². The number of benzene rings is 1. The van der Waals surface area contributed by atoms with E-state index in [9.17, 15) is 4.79 Å². The first-order chi connectivity index (χ1) is 6.37. The average Bonchev–Trinajstić information content (AvgIpc) is 2.11. The number of rotatable bonds is 1. The van der Waals surface area contributed by atoms with Gasteiger partial charge in [-0.25, -0.2) is 4.79 Å². The Balaban J connectivity index is 3.68. The molecule has 0 spiro atoms. The molecule has 0 saturated heterocycles. The Morgan fingerprint density at radius 3 is 2.40 bits per heavy atom. The maximum atomic E-state index is 10.7. The Labute approximate surface area is 64.7 Å². The van der Waals surface area contributed by atoms with Gasteiger partial charge in [-0.15, -0.1) is 0 Å². The summed E-state index contributed by atoms with van der Waals surface area (Å²) >= 11 is 0. The van der Waals surface area contributed by atoms with Gasteiger partial charge in [0, 0.05) is 0 Å². The third kappa shape index (κ3) is 1.35. The summed E-state index contributed by atoms with van der Waals surface area (Å²) in [5, 5.41) is 8.68. The average molecular weight is 140 g/mol. The van der Waals surface area contributed by atoms with Gasteiger partial charge in [0.25, 0.3) is 0 Å². The first-order valence-corrected chi connectivity index (χ1v) is 2.68. The third-order valence-corrected chi connectivity index (χ3v) is 0.964. The molecule has 1 N–H and O–H groups in total. The minimum atomic E-state index is -1.44. The van der Waals surface area contributed by atoms with Gasteiger partial charge >= 0.3 is 5.97 Å². The summed E-state index contributed by atoms with van der Waals surface area (Å²) in [6.45, 7) is 1.42. The van der Waals surface area contributed by atoms with Crippen LogP contribution >= 0.6 is 0 Å². The standard InChI is InChI=1S/C8H8O2/c1-6-2-4-7(5-3-6)8(9)10/h2-5H,1H3,(H,9,10)/i2D,3D,4D,5D. The van der Waals surface area contributed by atoms with Crippen LogP contribution in [0.25, 0.3) is 0 Å². The summed E-state index contributed by atoms with van der Waals surface area (Å²) in [4.78, 5) is 10.7. The molecule has 1 aromatic carbocycles. The van der Waals surface area contributed by atoms with Crippen molar-refractivity contribution in [3.8, 4) is 0 Å². The lowest BCUT2D eigenvalue weighted by Gasteiger charge is -1.92. The van der Waals surface area contributed by atoms with E-state index in [2.05, 4.69) is 0 Å². The fourth-order valence-electron chi connectivity index (χ4n) is 0.482. The molecule has 0 heterocycles. The van der Waals surface area contributed by atoms with Crippen molar-refractivity contribution in [2.45, 2.75) is 6.92 Å². The van der Waals surface area contributed by atoms with Crippen LogP contribution in [0.15, 0.2) is 24.2 Å². The van der Waals surface area contributed by atoms with Crippen LogP contribution in [-0.2, 0) is 0 Å². The van der Waals surface area contributed by atoms with Crippen molar-refractivity contribution in [3.63, 3.8) is 0 Å². The lowest BCUT2D eigenvalue weighted by atomic mass is 10.2. The molecule has 0 aliphatic heterocycles. The van der Waals surface area contributed by atoms with E-state index in [0.717, 1.165) is 0 Å². The van der Waals surface area contributed by atoms with Crippen molar-refractivity contribution in [3.05, 3.63) is 35.3 Å². The van der Waals surface area contributed by atoms with Crippen molar-refractivity contribution in [1.82, 2.24) is 0 Å². The van der Waals surface area contributed by atoms with E-state index in [1.807, 2.05) is 0 Å². The predicted molar refractivity (Wildman–Crippen MR) is 38.1 cm³/mol. The molecule has 0 unspecified atom stereocenters. The number of carbonyl (C=O) groups is 1. The van der Waals surface area contributed by atoms with Crippen molar-refractivity contribution in [2.75, 3.05) is 0 Å². The molecule has 0 aliphatic carbocycles. The summed E-state index contributed by atoms with van der Waals surface area (Å²) in [5.74, 6) is -1.44. The summed E-state index contributed by atoms with van der Waals surface area (Å²) in [6, 6.07) is -1.61. The summed E-state index contributed by atoms with van der Waals surface area (Å²) in [6.07, 6.45) is 0. The number of aromatic carboxylic acids is 1. The molecule has 1 rings (SSSR count). The molecule has 2 nitrogen and oxygen atoms in total. The maximum Gasteiger partial charge on any atom is 0.335 e. The second-order valence-electron chi connectivity index (χ2n) is 1.81. The zero-order valence-corrected chi connectivity index (χ0v) is 5.36. The zero-order valence-electron chi connectivity index (χ0n) is 9.36. The summed E-state index contributed by atoms with van der Waals surface area (Å²) in [7, 11) is 0. The maximum absolute atomic E-state index is 10.7. The Kier molecular flexibility index (Phi) is 0.804. The fourth-order valence-corrected chi connectivity index (χ4v) is 0.482. The summed E-state index contributed by atoms with van der Waals surface area (Å²) < 4.78 is 29.4. The van der Waals surface area contributed by atoms with Crippen molar-refractivity contribution < 1.29 is 15.4 Å². The highest BCUT2D eigenvalue weighted by Gasteiger charge is 1.98. The first kappa shape index (κ1) is 3.19. The van der Waals surface area contributed by atoms with E-state index in [1.165, 1.54) is 6.92 Å². The fraction of sp³-hybridized carbons (Fsp3) is 0.125. The molecule has 10 heavy (non-hydrogen) atoms. The lowest BCUT2D eigenvalue weighted by Crippen LogP contribution is -1.94. The van der Waals surface area contributed by atoms with Gasteiger partial charge in [0.05, 0.1) is 11.0 Å². The molecule has 2 heteroatoms. The van der Waals surface area contributed by atoms with Gasteiger partial charge in [0.1, 0.15) is 0 Å². The minimum Gasteiger partial charge on any atom is -0.478 e. The van der Waals surface area contributed by atoms with Crippen LogP contribution in [0.3, 0.4) is 0 Å². The van der Waals surface area contributed by atoms with Crippen LogP contribution < -0.4 is 0 Å². The van der Waals surface area contributed by atoms with E-state index < -0.39 is 23.6 Å². The minimum absolute atomic E-state index is 0.157. The highest BCUT2D eigenvalue weighted by atomic mass is 16.4. The number of carboxylic acid groups (broad SMARTS) is 1. The zero-order chi connectivity index (χ0) is 11.0. The molecule has 1 aromatic rings. The molecule has 0 fully saturated rings. The lowest BCUT2D eigenvalue weighted by molar-refractivity contribution is 0.0697. The molecule has 0 aliphatic rings. The second-order valence-corrected chi connectivity index (χ2v) is 1.81. The molecular formula is C8H8O2. The third-order valence-electron chi connectivity index (χ3n) is 0.964. The Hall–Kier alpha value is -1.31. The molecule has 0 aromatic heterocycles. The van der Waals surface area contributed by atoms with Crippen molar-refractivity contribution >= 4 is 5.97 Å². The molecule has 52 valence electrons. The molecule has 0 atom stereocenters. The summed E-state index contributed by atoms with van der Waals surface area (Å²) in [5.41, 5.74) is -0.421. The van der Waals surface area contributed by atoms with E-state index in [4.69, 9.17) is 10.6 Å². The molecule has 0 radical (unpaired) electrons. The Bertz CT molecular complexity index is 385. The predicted octanol–water partition coefficient (Wildman–Crippen LogP) is 1.69. The normalized spacial score (nSPS) is 14.9. The first-order valence-electron chi connectivity index (χ1n) is 4.68. The van der Waals surface area contributed by atoms with Gasteiger partial charge < -0.3 is 5.11 Å². The van der Waals surface area contributed by atoms with Gasteiger partial charge in [-0.1, -0.05) is 17.6 Å². The SMILES string of the molecule is [2H]c1c([2H])c(C(=O)O)c([2H])c([2H])c1C. The van der Waals surface area contributed by atoms with Crippen molar-refractivity contribution in [2.24, 2.45) is 0 Å². The molecule has 0 bridgehead atoms. The van der Waals surface area contributed by atoms with Gasteiger partial charge in [0.15, 0.2) is 0 Å². The molecule has 0 saturated carbocycles. The highest BCUT2D eigenvalue weighted by Crippen LogP contribution is 2.01. The van der Waals surface area contributed by atoms with E-state index in [-0.39, 0.29) is 17.6 Å². The Morgan fingerprint density at radius 1 is 1.50 bits per heavy atom.